The van der Waals surface area contributed by atoms with Gasteiger partial charge in [0.25, 0.3) is 0 Å². The summed E-state index contributed by atoms with van der Waals surface area (Å²) in [5, 5.41) is 0. The lowest BCUT2D eigenvalue weighted by molar-refractivity contribution is -0.137. The molecule has 0 aliphatic heterocycles. The fourth-order valence-corrected chi connectivity index (χ4v) is 3.87. The van der Waals surface area contributed by atoms with Crippen molar-refractivity contribution in [2.24, 2.45) is 11.7 Å². The summed E-state index contributed by atoms with van der Waals surface area (Å²) in [6, 6.07) is 12.6. The van der Waals surface area contributed by atoms with Crippen LogP contribution in [0, 0.1) is 5.92 Å². The predicted molar refractivity (Wildman–Crippen MR) is 93.9 cm³/mol. The van der Waals surface area contributed by atoms with Crippen LogP contribution < -0.4 is 5.73 Å². The number of halogens is 3. The molecule has 0 aromatic heterocycles. The lowest BCUT2D eigenvalue weighted by atomic mass is 9.84. The molecule has 0 fully saturated rings. The van der Waals surface area contributed by atoms with E-state index in [9.17, 15) is 18.0 Å². The van der Waals surface area contributed by atoms with Crippen LogP contribution in [0.2, 0.25) is 0 Å². The molecule has 2 aliphatic rings. The molecule has 0 saturated heterocycles. The van der Waals surface area contributed by atoms with Gasteiger partial charge in [-0.3, -0.25) is 4.79 Å². The van der Waals surface area contributed by atoms with E-state index in [4.69, 9.17) is 5.73 Å². The highest BCUT2D eigenvalue weighted by atomic mass is 19.4. The Labute approximate surface area is 148 Å². The van der Waals surface area contributed by atoms with Gasteiger partial charge in [-0.05, 0) is 35.2 Å². The molecule has 0 spiro atoms. The van der Waals surface area contributed by atoms with Crippen molar-refractivity contribution in [3.63, 3.8) is 0 Å². The molecule has 2 nitrogen and oxygen atoms in total. The SMILES string of the molecule is NC1=C(c2cccc(C(F)(F)F)c2)C(=O)C(C2C=Cc3ccccc32)C1. The van der Waals surface area contributed by atoms with Gasteiger partial charge in [0.15, 0.2) is 5.78 Å². The highest BCUT2D eigenvalue weighted by Crippen LogP contribution is 2.45. The predicted octanol–water partition coefficient (Wildman–Crippen LogP) is 4.77. The van der Waals surface area contributed by atoms with Crippen LogP contribution in [0.15, 0.2) is 60.3 Å². The van der Waals surface area contributed by atoms with Crippen LogP contribution in [0.3, 0.4) is 0 Å². The number of carbonyl (C=O) groups is 1. The van der Waals surface area contributed by atoms with E-state index in [1.54, 1.807) is 0 Å². The van der Waals surface area contributed by atoms with Gasteiger partial charge in [-0.25, -0.2) is 0 Å². The van der Waals surface area contributed by atoms with Crippen molar-refractivity contribution in [3.05, 3.63) is 82.6 Å². The van der Waals surface area contributed by atoms with Crippen molar-refractivity contribution < 1.29 is 18.0 Å². The van der Waals surface area contributed by atoms with Crippen molar-refractivity contribution in [2.75, 3.05) is 0 Å². The standard InChI is InChI=1S/C21H16F3NO/c22-21(23,24)14-6-3-5-13(10-14)19-18(25)11-17(20(19)26)16-9-8-12-4-1-2-7-15(12)16/h1-10,16-17H,11,25H2. The topological polar surface area (TPSA) is 43.1 Å². The molecule has 2 unspecified atom stereocenters. The van der Waals surface area contributed by atoms with Gasteiger partial charge in [0.05, 0.1) is 5.56 Å². The number of fused-ring (bicyclic) bond motifs is 1. The highest BCUT2D eigenvalue weighted by molar-refractivity contribution is 6.25. The van der Waals surface area contributed by atoms with Crippen LogP contribution >= 0.6 is 0 Å². The molecule has 2 aromatic carbocycles. The van der Waals surface area contributed by atoms with Gasteiger partial charge in [0, 0.05) is 23.1 Å². The van der Waals surface area contributed by atoms with Crippen LogP contribution in [0.25, 0.3) is 11.6 Å². The minimum atomic E-state index is -4.46. The van der Waals surface area contributed by atoms with E-state index in [1.807, 2.05) is 36.4 Å². The molecular formula is C21H16F3NO. The number of benzene rings is 2. The van der Waals surface area contributed by atoms with E-state index in [1.165, 1.54) is 12.1 Å². The van der Waals surface area contributed by atoms with Crippen molar-refractivity contribution in [1.29, 1.82) is 0 Å². The third kappa shape index (κ3) is 2.64. The van der Waals surface area contributed by atoms with Crippen LogP contribution in [-0.2, 0) is 11.0 Å². The monoisotopic (exact) mass is 355 g/mol. The first-order valence-corrected chi connectivity index (χ1v) is 8.34. The largest absolute Gasteiger partial charge is 0.416 e. The second kappa shape index (κ2) is 5.87. The number of hydrogen-bond donors (Lipinski definition) is 1. The van der Waals surface area contributed by atoms with E-state index in [0.29, 0.717) is 12.1 Å². The van der Waals surface area contributed by atoms with E-state index < -0.39 is 11.7 Å². The molecule has 0 amide bonds. The van der Waals surface area contributed by atoms with Gasteiger partial charge in [-0.1, -0.05) is 48.6 Å². The smallest absolute Gasteiger partial charge is 0.401 e. The van der Waals surface area contributed by atoms with Crippen molar-refractivity contribution in [1.82, 2.24) is 0 Å². The number of nitrogens with two attached hydrogens (primary N) is 1. The fourth-order valence-electron chi connectivity index (χ4n) is 3.87. The molecule has 132 valence electrons. The van der Waals surface area contributed by atoms with Crippen LogP contribution in [0.4, 0.5) is 13.2 Å². The number of hydrogen-bond acceptors (Lipinski definition) is 2. The normalized spacial score (nSPS) is 22.2. The van der Waals surface area contributed by atoms with Crippen LogP contribution in [0.5, 0.6) is 0 Å². The molecule has 2 atom stereocenters. The molecule has 5 heteroatoms. The highest BCUT2D eigenvalue weighted by Gasteiger charge is 2.40. The zero-order chi connectivity index (χ0) is 18.5. The molecular weight excluding hydrogens is 339 g/mol. The number of carbonyl (C=O) groups excluding carboxylic acids is 1. The maximum atomic E-state index is 13.0. The first-order chi connectivity index (χ1) is 12.4. The van der Waals surface area contributed by atoms with Crippen LogP contribution in [-0.4, -0.2) is 5.78 Å². The van der Waals surface area contributed by atoms with Gasteiger partial charge >= 0.3 is 6.18 Å². The van der Waals surface area contributed by atoms with Gasteiger partial charge < -0.3 is 5.73 Å². The van der Waals surface area contributed by atoms with E-state index in [0.717, 1.165) is 23.3 Å². The molecule has 26 heavy (non-hydrogen) atoms. The van der Waals surface area contributed by atoms with Crippen molar-refractivity contribution >= 4 is 17.4 Å². The van der Waals surface area contributed by atoms with Gasteiger partial charge in [0.2, 0.25) is 0 Å². The summed E-state index contributed by atoms with van der Waals surface area (Å²) in [6.07, 6.45) is -0.144. The summed E-state index contributed by atoms with van der Waals surface area (Å²) in [6.45, 7) is 0. The molecule has 0 saturated carbocycles. The number of rotatable bonds is 2. The van der Waals surface area contributed by atoms with E-state index >= 15 is 0 Å². The molecule has 2 aliphatic carbocycles. The van der Waals surface area contributed by atoms with Gasteiger partial charge in [-0.15, -0.1) is 0 Å². The molecule has 2 aromatic rings. The Morgan fingerprint density at radius 2 is 1.81 bits per heavy atom. The molecule has 2 N–H and O–H groups in total. The third-order valence-electron chi connectivity index (χ3n) is 5.09. The summed E-state index contributed by atoms with van der Waals surface area (Å²) in [4.78, 5) is 13.0. The second-order valence-corrected chi connectivity index (χ2v) is 6.67. The Bertz CT molecular complexity index is 956. The zero-order valence-electron chi connectivity index (χ0n) is 13.8. The number of alkyl halides is 3. The lowest BCUT2D eigenvalue weighted by Crippen LogP contribution is -2.17. The summed E-state index contributed by atoms with van der Waals surface area (Å²) in [5.41, 5.74) is 8.25. The van der Waals surface area contributed by atoms with E-state index in [-0.39, 0.29) is 28.8 Å². The first-order valence-electron chi connectivity index (χ1n) is 8.34. The first kappa shape index (κ1) is 16.6. The number of Topliss-reactive ketones (excluding diaryl/α,β-unsaturated/α-hetero) is 1. The van der Waals surface area contributed by atoms with Crippen molar-refractivity contribution in [3.8, 4) is 0 Å². The molecule has 0 bridgehead atoms. The Morgan fingerprint density at radius 3 is 2.58 bits per heavy atom. The number of allylic oxidation sites excluding steroid dienone is 3. The minimum absolute atomic E-state index is 0.0967. The molecule has 0 heterocycles. The fraction of sp³-hybridized carbons (Fsp3) is 0.190. The average molecular weight is 355 g/mol. The maximum Gasteiger partial charge on any atom is 0.416 e. The maximum absolute atomic E-state index is 13.0. The van der Waals surface area contributed by atoms with Gasteiger partial charge in [-0.2, -0.15) is 13.2 Å². The summed E-state index contributed by atoms with van der Waals surface area (Å²) in [5.74, 6) is -0.659. The Balaban J connectivity index is 1.68. The lowest BCUT2D eigenvalue weighted by Gasteiger charge is -2.18. The van der Waals surface area contributed by atoms with Gasteiger partial charge in [0.1, 0.15) is 0 Å². The van der Waals surface area contributed by atoms with E-state index in [2.05, 4.69) is 0 Å². The minimum Gasteiger partial charge on any atom is -0.401 e. The Hall–Kier alpha value is -2.82. The Morgan fingerprint density at radius 1 is 1.04 bits per heavy atom. The second-order valence-electron chi connectivity index (χ2n) is 6.67. The van der Waals surface area contributed by atoms with Crippen LogP contribution in [0.1, 0.15) is 34.6 Å². The summed E-state index contributed by atoms with van der Waals surface area (Å²) >= 11 is 0. The quantitative estimate of drug-likeness (QED) is 0.843. The summed E-state index contributed by atoms with van der Waals surface area (Å²) in [7, 11) is 0. The Kier molecular flexibility index (Phi) is 3.75. The summed E-state index contributed by atoms with van der Waals surface area (Å²) < 4.78 is 39.0. The molecule has 4 rings (SSSR count). The number of ketones is 1. The molecule has 0 radical (unpaired) electrons. The average Bonchev–Trinajstić information content (AvgIpc) is 3.15. The van der Waals surface area contributed by atoms with Crippen molar-refractivity contribution in [2.45, 2.75) is 18.5 Å². The zero-order valence-corrected chi connectivity index (χ0v) is 13.8. The third-order valence-corrected chi connectivity index (χ3v) is 5.09.